The zero-order valence-electron chi connectivity index (χ0n) is 16.7. The van der Waals surface area contributed by atoms with Gasteiger partial charge in [-0.05, 0) is 98.7 Å². The first-order chi connectivity index (χ1) is 13.5. The lowest BCUT2D eigenvalue weighted by molar-refractivity contribution is -0.274. The van der Waals surface area contributed by atoms with Crippen molar-refractivity contribution >= 4 is 0 Å². The lowest BCUT2D eigenvalue weighted by Gasteiger charge is -2.39. The predicted molar refractivity (Wildman–Crippen MR) is 105 cm³/mol. The molecule has 1 aromatic carbocycles. The van der Waals surface area contributed by atoms with Crippen LogP contribution < -0.4 is 4.74 Å². The number of hydrogen-bond donors (Lipinski definition) is 0. The first kappa shape index (κ1) is 20.1. The van der Waals surface area contributed by atoms with Crippen molar-refractivity contribution in [1.82, 2.24) is 0 Å². The summed E-state index contributed by atoms with van der Waals surface area (Å²) in [5.41, 5.74) is 1.16. The molecule has 4 heteroatoms. The molecule has 1 nitrogen and oxygen atoms in total. The van der Waals surface area contributed by atoms with Gasteiger partial charge in [0, 0.05) is 0 Å². The summed E-state index contributed by atoms with van der Waals surface area (Å²) in [6.07, 6.45) is 11.9. The Morgan fingerprint density at radius 2 is 1.04 bits per heavy atom. The SMILES string of the molecule is FC(F)(F)Oc1ccc([C@H]2CC[C@H]([C@H]3CC[C@H](C4CCCC4)CC3)CC2)cc1. The van der Waals surface area contributed by atoms with Crippen molar-refractivity contribution in [1.29, 1.82) is 0 Å². The second kappa shape index (κ2) is 8.67. The van der Waals surface area contributed by atoms with Crippen LogP contribution in [0.25, 0.3) is 0 Å². The predicted octanol–water partition coefficient (Wildman–Crippen LogP) is 7.86. The summed E-state index contributed by atoms with van der Waals surface area (Å²) in [5.74, 6) is 4.19. The second-order valence-corrected chi connectivity index (χ2v) is 9.45. The summed E-state index contributed by atoms with van der Waals surface area (Å²) >= 11 is 0. The van der Waals surface area contributed by atoms with E-state index in [9.17, 15) is 13.2 Å². The third-order valence-corrected chi connectivity index (χ3v) is 7.91. The molecule has 4 rings (SSSR count). The Morgan fingerprint density at radius 1 is 0.607 bits per heavy atom. The Hall–Kier alpha value is -1.19. The monoisotopic (exact) mass is 394 g/mol. The van der Waals surface area contributed by atoms with E-state index >= 15 is 0 Å². The molecule has 0 aliphatic heterocycles. The molecule has 3 saturated carbocycles. The molecule has 0 N–H and O–H groups in total. The molecular weight excluding hydrogens is 361 g/mol. The van der Waals surface area contributed by atoms with Gasteiger partial charge in [-0.25, -0.2) is 0 Å². The molecule has 156 valence electrons. The Labute approximate surface area is 167 Å². The molecule has 0 amide bonds. The van der Waals surface area contributed by atoms with Crippen molar-refractivity contribution in [2.75, 3.05) is 0 Å². The van der Waals surface area contributed by atoms with Crippen molar-refractivity contribution < 1.29 is 17.9 Å². The van der Waals surface area contributed by atoms with Crippen molar-refractivity contribution in [3.8, 4) is 5.75 Å². The number of hydrogen-bond acceptors (Lipinski definition) is 1. The molecule has 1 aromatic rings. The van der Waals surface area contributed by atoms with Gasteiger partial charge in [0.1, 0.15) is 5.75 Å². The lowest BCUT2D eigenvalue weighted by Crippen LogP contribution is -2.27. The molecule has 0 spiro atoms. The van der Waals surface area contributed by atoms with Crippen LogP contribution in [0.2, 0.25) is 0 Å². The summed E-state index contributed by atoms with van der Waals surface area (Å²) in [6, 6.07) is 6.55. The van der Waals surface area contributed by atoms with Crippen LogP contribution in [0.5, 0.6) is 5.75 Å². The maximum atomic E-state index is 12.3. The molecule has 28 heavy (non-hydrogen) atoms. The molecule has 0 radical (unpaired) electrons. The van der Waals surface area contributed by atoms with E-state index < -0.39 is 6.36 Å². The van der Waals surface area contributed by atoms with Gasteiger partial charge >= 0.3 is 6.36 Å². The van der Waals surface area contributed by atoms with E-state index in [2.05, 4.69) is 4.74 Å². The van der Waals surface area contributed by atoms with E-state index in [0.717, 1.165) is 29.2 Å². The molecule has 3 aliphatic carbocycles. The fourth-order valence-corrected chi connectivity index (χ4v) is 6.38. The van der Waals surface area contributed by atoms with Crippen LogP contribution in [0.3, 0.4) is 0 Å². The smallest absolute Gasteiger partial charge is 0.406 e. The first-order valence-corrected chi connectivity index (χ1v) is 11.3. The highest BCUT2D eigenvalue weighted by molar-refractivity contribution is 5.29. The largest absolute Gasteiger partial charge is 0.573 e. The molecule has 3 fully saturated rings. The van der Waals surface area contributed by atoms with Gasteiger partial charge in [-0.2, -0.15) is 0 Å². The topological polar surface area (TPSA) is 9.23 Å². The maximum absolute atomic E-state index is 12.3. The average molecular weight is 395 g/mol. The van der Waals surface area contributed by atoms with Gasteiger partial charge in [0.25, 0.3) is 0 Å². The van der Waals surface area contributed by atoms with Gasteiger partial charge in [-0.3, -0.25) is 0 Å². The second-order valence-electron chi connectivity index (χ2n) is 9.45. The minimum Gasteiger partial charge on any atom is -0.406 e. The van der Waals surface area contributed by atoms with Gasteiger partial charge in [0.2, 0.25) is 0 Å². The number of ether oxygens (including phenoxy) is 1. The van der Waals surface area contributed by atoms with E-state index in [0.29, 0.717) is 5.92 Å². The van der Waals surface area contributed by atoms with Crippen LogP contribution in [0.4, 0.5) is 13.2 Å². The first-order valence-electron chi connectivity index (χ1n) is 11.3. The van der Waals surface area contributed by atoms with Crippen molar-refractivity contribution in [3.63, 3.8) is 0 Å². The number of benzene rings is 1. The van der Waals surface area contributed by atoms with Gasteiger partial charge in [-0.1, -0.05) is 37.8 Å². The number of rotatable bonds is 4. The summed E-state index contributed by atoms with van der Waals surface area (Å²) in [7, 11) is 0. The van der Waals surface area contributed by atoms with E-state index in [-0.39, 0.29) is 5.75 Å². The Morgan fingerprint density at radius 3 is 1.50 bits per heavy atom. The van der Waals surface area contributed by atoms with Crippen LogP contribution in [0.15, 0.2) is 24.3 Å². The van der Waals surface area contributed by atoms with E-state index in [1.165, 1.54) is 89.2 Å². The summed E-state index contributed by atoms with van der Waals surface area (Å²) in [5, 5.41) is 0. The van der Waals surface area contributed by atoms with Crippen LogP contribution >= 0.6 is 0 Å². The quantitative estimate of drug-likeness (QED) is 0.505. The van der Waals surface area contributed by atoms with E-state index in [4.69, 9.17) is 0 Å². The molecule has 0 atom stereocenters. The molecule has 0 heterocycles. The van der Waals surface area contributed by atoms with Crippen molar-refractivity contribution in [2.24, 2.45) is 23.7 Å². The van der Waals surface area contributed by atoms with E-state index in [1.54, 1.807) is 0 Å². The van der Waals surface area contributed by atoms with Crippen LogP contribution in [-0.2, 0) is 0 Å². The average Bonchev–Trinajstić information content (AvgIpc) is 3.23. The highest BCUT2D eigenvalue weighted by atomic mass is 19.4. The Bertz CT molecular complexity index is 602. The molecule has 0 saturated heterocycles. The third-order valence-electron chi connectivity index (χ3n) is 7.91. The zero-order chi connectivity index (χ0) is 19.6. The highest BCUT2D eigenvalue weighted by Crippen LogP contribution is 2.47. The number of halogens is 3. The van der Waals surface area contributed by atoms with Gasteiger partial charge in [-0.15, -0.1) is 13.2 Å². The highest BCUT2D eigenvalue weighted by Gasteiger charge is 2.34. The standard InChI is InChI=1S/C24H33F3O/c25-24(26,27)28-23-15-13-22(14-16-23)21-11-9-20(10-12-21)19-7-5-18(6-8-19)17-3-1-2-4-17/h13-21H,1-12H2/t18-,19-,20-,21-. The third kappa shape index (κ3) is 5.04. The fraction of sp³-hybridized carbons (Fsp3) is 0.750. The van der Waals surface area contributed by atoms with Crippen LogP contribution in [-0.4, -0.2) is 6.36 Å². The normalized spacial score (nSPS) is 32.4. The summed E-state index contributed by atoms with van der Waals surface area (Å²) in [6.45, 7) is 0. The molecule has 3 aliphatic rings. The molecule has 0 bridgehead atoms. The number of alkyl halides is 3. The summed E-state index contributed by atoms with van der Waals surface area (Å²) < 4.78 is 40.9. The molecule has 0 aromatic heterocycles. The van der Waals surface area contributed by atoms with E-state index in [1.807, 2.05) is 12.1 Å². The minimum absolute atomic E-state index is 0.121. The van der Waals surface area contributed by atoms with Crippen molar-refractivity contribution in [3.05, 3.63) is 29.8 Å². The van der Waals surface area contributed by atoms with Crippen molar-refractivity contribution in [2.45, 2.75) is 89.3 Å². The van der Waals surface area contributed by atoms with Gasteiger partial charge < -0.3 is 4.74 Å². The lowest BCUT2D eigenvalue weighted by atomic mass is 9.66. The minimum atomic E-state index is -4.61. The summed E-state index contributed by atoms with van der Waals surface area (Å²) in [4.78, 5) is 0. The van der Waals surface area contributed by atoms with Gasteiger partial charge in [0.15, 0.2) is 0 Å². The molecular formula is C24H33F3O. The maximum Gasteiger partial charge on any atom is 0.573 e. The Balaban J connectivity index is 1.23. The van der Waals surface area contributed by atoms with Crippen LogP contribution in [0.1, 0.15) is 88.5 Å². The zero-order valence-corrected chi connectivity index (χ0v) is 16.7. The van der Waals surface area contributed by atoms with Gasteiger partial charge in [0.05, 0.1) is 0 Å². The Kier molecular flexibility index (Phi) is 6.22. The van der Waals surface area contributed by atoms with Crippen LogP contribution in [0, 0.1) is 23.7 Å². The fourth-order valence-electron chi connectivity index (χ4n) is 6.38. The molecule has 0 unspecified atom stereocenters.